The highest BCUT2D eigenvalue weighted by molar-refractivity contribution is 7.90. The number of carbonyl (C=O) groups excluding carboxylic acids is 2. The molecule has 1 aromatic rings. The van der Waals surface area contributed by atoms with Gasteiger partial charge < -0.3 is 10.1 Å². The van der Waals surface area contributed by atoms with E-state index in [0.717, 1.165) is 18.2 Å². The molecule has 0 saturated carbocycles. The van der Waals surface area contributed by atoms with Gasteiger partial charge in [-0.25, -0.2) is 14.3 Å². The van der Waals surface area contributed by atoms with E-state index in [1.807, 2.05) is 6.92 Å². The lowest BCUT2D eigenvalue weighted by molar-refractivity contribution is 0.0596. The van der Waals surface area contributed by atoms with Crippen molar-refractivity contribution in [1.82, 2.24) is 19.8 Å². The molecule has 1 aromatic heterocycles. The molecular weight excluding hydrogens is 336 g/mol. The summed E-state index contributed by atoms with van der Waals surface area (Å²) in [6.45, 7) is 2.25. The molecule has 0 radical (unpaired) electrons. The lowest BCUT2D eigenvalue weighted by Crippen LogP contribution is -2.40. The fourth-order valence-electron chi connectivity index (χ4n) is 1.64. The summed E-state index contributed by atoms with van der Waals surface area (Å²) in [7, 11) is -1.98. The molecule has 124 valence electrons. The summed E-state index contributed by atoms with van der Waals surface area (Å²) in [6.07, 6.45) is 1.55. The number of esters is 1. The van der Waals surface area contributed by atoms with Crippen molar-refractivity contribution in [2.75, 3.05) is 13.7 Å². The molecule has 9 nitrogen and oxygen atoms in total. The van der Waals surface area contributed by atoms with Gasteiger partial charge in [0.1, 0.15) is 5.56 Å². The molecule has 0 aromatic carbocycles. The van der Waals surface area contributed by atoms with Crippen LogP contribution < -0.4 is 10.0 Å². The molecule has 11 heteroatoms. The first-order valence-corrected chi connectivity index (χ1v) is 8.22. The van der Waals surface area contributed by atoms with E-state index in [4.69, 9.17) is 11.6 Å². The van der Waals surface area contributed by atoms with E-state index < -0.39 is 32.6 Å². The van der Waals surface area contributed by atoms with Gasteiger partial charge in [0.05, 0.1) is 7.11 Å². The predicted octanol–water partition coefficient (Wildman–Crippen LogP) is 0.648. The monoisotopic (exact) mass is 352 g/mol. The molecule has 22 heavy (non-hydrogen) atoms. The molecule has 2 amide bonds. The minimum absolute atomic E-state index is 0.327. The van der Waals surface area contributed by atoms with Crippen molar-refractivity contribution in [3.63, 3.8) is 0 Å². The molecule has 0 bridgehead atoms. The molecule has 0 aliphatic rings. The molecule has 0 spiro atoms. The number of sulfonamides is 1. The standard InChI is InChI=1S/C11H17ClN4O5S/c1-4-5-6-13-11(18)15-22(19,20)9-7(10(17)21-3)8(12)14-16(9)2/h4-6H2,1-3H3,(H2,13,15,18). The number of methoxy groups -OCH3 is 1. The largest absolute Gasteiger partial charge is 0.465 e. The number of rotatable bonds is 6. The number of carbonyl (C=O) groups is 2. The van der Waals surface area contributed by atoms with Crippen molar-refractivity contribution in [3.05, 3.63) is 10.7 Å². The van der Waals surface area contributed by atoms with Crippen LogP contribution in [0.15, 0.2) is 5.03 Å². The first-order chi connectivity index (χ1) is 10.2. The zero-order chi connectivity index (χ0) is 16.9. The number of hydrogen-bond donors (Lipinski definition) is 2. The Hall–Kier alpha value is -1.81. The van der Waals surface area contributed by atoms with E-state index in [-0.39, 0.29) is 5.15 Å². The third kappa shape index (κ3) is 4.10. The summed E-state index contributed by atoms with van der Waals surface area (Å²) in [6, 6.07) is -0.901. The normalized spacial score (nSPS) is 11.1. The lowest BCUT2D eigenvalue weighted by Gasteiger charge is -2.09. The van der Waals surface area contributed by atoms with Crippen LogP contribution >= 0.6 is 11.6 Å². The quantitative estimate of drug-likeness (QED) is 0.573. The third-order valence-electron chi connectivity index (χ3n) is 2.64. The topological polar surface area (TPSA) is 119 Å². The molecular formula is C11H17ClN4O5S. The van der Waals surface area contributed by atoms with Crippen LogP contribution in [0.1, 0.15) is 30.1 Å². The van der Waals surface area contributed by atoms with Crippen LogP contribution in [0.2, 0.25) is 5.15 Å². The number of nitrogens with zero attached hydrogens (tertiary/aromatic N) is 2. The molecule has 0 aliphatic heterocycles. The summed E-state index contributed by atoms with van der Waals surface area (Å²) in [5.41, 5.74) is -0.430. The highest BCUT2D eigenvalue weighted by atomic mass is 35.5. The van der Waals surface area contributed by atoms with Crippen LogP contribution in [0, 0.1) is 0 Å². The highest BCUT2D eigenvalue weighted by Gasteiger charge is 2.32. The van der Waals surface area contributed by atoms with Crippen molar-refractivity contribution < 1.29 is 22.7 Å². The van der Waals surface area contributed by atoms with Gasteiger partial charge in [0.2, 0.25) is 0 Å². The van der Waals surface area contributed by atoms with Gasteiger partial charge in [-0.15, -0.1) is 0 Å². The number of unbranched alkanes of at least 4 members (excludes halogenated alkanes) is 1. The Balaban J connectivity index is 3.08. The maximum Gasteiger partial charge on any atom is 0.344 e. The number of nitrogens with one attached hydrogen (secondary N) is 2. The highest BCUT2D eigenvalue weighted by Crippen LogP contribution is 2.23. The van der Waals surface area contributed by atoms with Gasteiger partial charge in [-0.05, 0) is 6.42 Å². The number of halogens is 1. The second kappa shape index (κ2) is 7.45. The minimum Gasteiger partial charge on any atom is -0.465 e. The minimum atomic E-state index is -4.34. The first-order valence-electron chi connectivity index (χ1n) is 6.36. The number of amides is 2. The Morgan fingerprint density at radius 3 is 2.59 bits per heavy atom. The van der Waals surface area contributed by atoms with E-state index in [1.54, 1.807) is 4.72 Å². The Morgan fingerprint density at radius 2 is 2.05 bits per heavy atom. The van der Waals surface area contributed by atoms with Crippen LogP contribution in [0.25, 0.3) is 0 Å². The van der Waals surface area contributed by atoms with Gasteiger partial charge in [-0.3, -0.25) is 4.68 Å². The van der Waals surface area contributed by atoms with Gasteiger partial charge in [-0.1, -0.05) is 24.9 Å². The zero-order valence-electron chi connectivity index (χ0n) is 12.3. The summed E-state index contributed by atoms with van der Waals surface area (Å²) in [4.78, 5) is 23.3. The van der Waals surface area contributed by atoms with Gasteiger partial charge in [0, 0.05) is 13.6 Å². The van der Waals surface area contributed by atoms with E-state index >= 15 is 0 Å². The Kier molecular flexibility index (Phi) is 6.18. The van der Waals surface area contributed by atoms with E-state index in [1.165, 1.54) is 7.05 Å². The number of ether oxygens (including phenoxy) is 1. The first kappa shape index (κ1) is 18.2. The van der Waals surface area contributed by atoms with Crippen molar-refractivity contribution in [2.45, 2.75) is 24.8 Å². The predicted molar refractivity (Wildman–Crippen MR) is 78.2 cm³/mol. The summed E-state index contributed by atoms with van der Waals surface area (Å²) >= 11 is 5.74. The van der Waals surface area contributed by atoms with Gasteiger partial charge in [-0.2, -0.15) is 13.5 Å². The van der Waals surface area contributed by atoms with Gasteiger partial charge in [0.15, 0.2) is 10.2 Å². The maximum atomic E-state index is 12.3. The summed E-state index contributed by atoms with van der Waals surface area (Å²) in [5.74, 6) is -0.968. The average molecular weight is 353 g/mol. The molecule has 2 N–H and O–H groups in total. The Morgan fingerprint density at radius 1 is 1.41 bits per heavy atom. The van der Waals surface area contributed by atoms with Crippen molar-refractivity contribution in [1.29, 1.82) is 0 Å². The van der Waals surface area contributed by atoms with Gasteiger partial charge >= 0.3 is 12.0 Å². The Bertz CT molecular complexity index is 670. The second-order valence-electron chi connectivity index (χ2n) is 4.30. The SMILES string of the molecule is CCCCNC(=O)NS(=O)(=O)c1c(C(=O)OC)c(Cl)nn1C. The molecule has 1 heterocycles. The number of urea groups is 1. The fraction of sp³-hybridized carbons (Fsp3) is 0.545. The second-order valence-corrected chi connectivity index (χ2v) is 6.26. The zero-order valence-corrected chi connectivity index (χ0v) is 13.9. The van der Waals surface area contributed by atoms with Gasteiger partial charge in [0.25, 0.3) is 10.0 Å². The summed E-state index contributed by atoms with van der Waals surface area (Å²) < 4.78 is 31.7. The molecule has 0 unspecified atom stereocenters. The summed E-state index contributed by atoms with van der Waals surface area (Å²) in [5, 5.41) is 5.17. The number of hydrogen-bond acceptors (Lipinski definition) is 6. The van der Waals surface area contributed by atoms with Crippen LogP contribution in [-0.4, -0.2) is 43.9 Å². The van der Waals surface area contributed by atoms with E-state index in [2.05, 4.69) is 15.2 Å². The molecule has 0 saturated heterocycles. The molecule has 0 fully saturated rings. The molecule has 0 atom stereocenters. The van der Waals surface area contributed by atoms with Crippen molar-refractivity contribution in [2.24, 2.45) is 7.05 Å². The fourth-order valence-corrected chi connectivity index (χ4v) is 3.23. The smallest absolute Gasteiger partial charge is 0.344 e. The molecule has 0 aliphatic carbocycles. The van der Waals surface area contributed by atoms with Crippen molar-refractivity contribution in [3.8, 4) is 0 Å². The number of aromatic nitrogens is 2. The lowest BCUT2D eigenvalue weighted by atomic mass is 10.3. The van der Waals surface area contributed by atoms with Crippen LogP contribution in [0.3, 0.4) is 0 Å². The maximum absolute atomic E-state index is 12.3. The van der Waals surface area contributed by atoms with Crippen LogP contribution in [0.4, 0.5) is 4.79 Å². The molecule has 1 rings (SSSR count). The Labute approximate surface area is 133 Å². The van der Waals surface area contributed by atoms with E-state index in [9.17, 15) is 18.0 Å². The van der Waals surface area contributed by atoms with Crippen LogP contribution in [0.5, 0.6) is 0 Å². The third-order valence-corrected chi connectivity index (χ3v) is 4.34. The number of aryl methyl sites for hydroxylation is 1. The van der Waals surface area contributed by atoms with E-state index in [0.29, 0.717) is 13.0 Å². The average Bonchev–Trinajstić information content (AvgIpc) is 2.73. The van der Waals surface area contributed by atoms with Crippen molar-refractivity contribution >= 4 is 33.6 Å². The van der Waals surface area contributed by atoms with Crippen LogP contribution in [-0.2, 0) is 21.8 Å².